The van der Waals surface area contributed by atoms with Crippen molar-refractivity contribution in [2.45, 2.75) is 26.7 Å². The molecule has 1 nitrogen and oxygen atoms in total. The normalized spacial score (nSPS) is 10.3. The van der Waals surface area contributed by atoms with Crippen molar-refractivity contribution in [1.82, 2.24) is 0 Å². The molecule has 0 aliphatic rings. The lowest BCUT2D eigenvalue weighted by atomic mass is 10.00. The van der Waals surface area contributed by atoms with Gasteiger partial charge < -0.3 is 5.11 Å². The van der Waals surface area contributed by atoms with Gasteiger partial charge in [0.25, 0.3) is 0 Å². The number of rotatable bonds is 1. The molecule has 1 aromatic rings. The molecule has 1 N–H and O–H groups in total. The first-order valence-corrected chi connectivity index (χ1v) is 4.46. The minimum Gasteiger partial charge on any atom is -0.507 e. The third-order valence-corrected chi connectivity index (χ3v) is 2.49. The lowest BCUT2D eigenvalue weighted by Gasteiger charge is -2.10. The van der Waals surface area contributed by atoms with Crippen LogP contribution in [0.25, 0.3) is 0 Å². The number of halogens is 1. The van der Waals surface area contributed by atoms with Crippen LogP contribution in [0.1, 0.15) is 22.3 Å². The molecule has 1 rings (SSSR count). The summed E-state index contributed by atoms with van der Waals surface area (Å²) in [5.41, 5.74) is 4.01. The van der Waals surface area contributed by atoms with Gasteiger partial charge in [0.2, 0.25) is 0 Å². The topological polar surface area (TPSA) is 20.2 Å². The molecule has 0 spiro atoms. The second-order valence-electron chi connectivity index (χ2n) is 3.10. The number of alkyl halides is 1. The first kappa shape index (κ1) is 9.40. The van der Waals surface area contributed by atoms with Gasteiger partial charge in [0.15, 0.2) is 0 Å². The van der Waals surface area contributed by atoms with Crippen molar-refractivity contribution in [3.05, 3.63) is 28.3 Å². The lowest BCUT2D eigenvalue weighted by Crippen LogP contribution is -1.92. The maximum Gasteiger partial charge on any atom is 0.121 e. The predicted molar refractivity (Wildman–Crippen MR) is 51.9 cm³/mol. The van der Waals surface area contributed by atoms with Gasteiger partial charge in [-0.3, -0.25) is 0 Å². The average molecular weight is 185 g/mol. The summed E-state index contributed by atoms with van der Waals surface area (Å²) in [6, 6.07) is 1.96. The average Bonchev–Trinajstić information content (AvgIpc) is 2.01. The highest BCUT2D eigenvalue weighted by molar-refractivity contribution is 6.17. The van der Waals surface area contributed by atoms with Crippen molar-refractivity contribution < 1.29 is 5.11 Å². The van der Waals surface area contributed by atoms with Gasteiger partial charge in [-0.1, -0.05) is 6.07 Å². The summed E-state index contributed by atoms with van der Waals surface area (Å²) >= 11 is 5.75. The van der Waals surface area contributed by atoms with Crippen LogP contribution < -0.4 is 0 Å². The summed E-state index contributed by atoms with van der Waals surface area (Å²) in [6.45, 7) is 5.80. The summed E-state index contributed by atoms with van der Waals surface area (Å²) in [6.07, 6.45) is 0. The quantitative estimate of drug-likeness (QED) is 0.666. The molecule has 0 heterocycles. The number of aryl methyl sites for hydroxylation is 2. The fourth-order valence-electron chi connectivity index (χ4n) is 1.42. The Morgan fingerprint density at radius 2 is 1.83 bits per heavy atom. The first-order chi connectivity index (χ1) is 5.57. The van der Waals surface area contributed by atoms with Crippen LogP contribution in [-0.2, 0) is 5.88 Å². The van der Waals surface area contributed by atoms with E-state index in [0.29, 0.717) is 11.6 Å². The Kier molecular flexibility index (Phi) is 2.63. The standard InChI is InChI=1S/C10H13ClO/c1-6-4-7(2)10(12)8(3)9(6)5-11/h4,12H,5H2,1-3H3. The molecular formula is C10H13ClO. The molecule has 2 heteroatoms. The molecule has 0 atom stereocenters. The van der Waals surface area contributed by atoms with Gasteiger partial charge in [-0.2, -0.15) is 0 Å². The number of hydrogen-bond donors (Lipinski definition) is 1. The van der Waals surface area contributed by atoms with Crippen LogP contribution in [0.2, 0.25) is 0 Å². The molecule has 66 valence electrons. The van der Waals surface area contributed by atoms with Gasteiger partial charge >= 0.3 is 0 Å². The Hall–Kier alpha value is -0.690. The smallest absolute Gasteiger partial charge is 0.121 e. The molecule has 1 aromatic carbocycles. The van der Waals surface area contributed by atoms with Crippen LogP contribution in [0.15, 0.2) is 6.07 Å². The number of benzene rings is 1. The highest BCUT2D eigenvalue weighted by atomic mass is 35.5. The van der Waals surface area contributed by atoms with Crippen molar-refractivity contribution in [3.63, 3.8) is 0 Å². The van der Waals surface area contributed by atoms with Gasteiger partial charge in [-0.15, -0.1) is 11.6 Å². The van der Waals surface area contributed by atoms with Crippen LogP contribution in [0.5, 0.6) is 5.75 Å². The second kappa shape index (κ2) is 3.36. The minimum absolute atomic E-state index is 0.372. The molecule has 0 aliphatic heterocycles. The zero-order chi connectivity index (χ0) is 9.30. The van der Waals surface area contributed by atoms with E-state index >= 15 is 0 Å². The van der Waals surface area contributed by atoms with Gasteiger partial charge in [0.1, 0.15) is 5.75 Å². The second-order valence-corrected chi connectivity index (χ2v) is 3.36. The molecule has 0 unspecified atom stereocenters. The van der Waals surface area contributed by atoms with Gasteiger partial charge in [0, 0.05) is 5.88 Å². The Morgan fingerprint density at radius 3 is 2.33 bits per heavy atom. The van der Waals surface area contributed by atoms with Gasteiger partial charge in [-0.25, -0.2) is 0 Å². The zero-order valence-electron chi connectivity index (χ0n) is 7.61. The Bertz CT molecular complexity index is 305. The van der Waals surface area contributed by atoms with E-state index in [1.165, 1.54) is 0 Å². The van der Waals surface area contributed by atoms with Crippen molar-refractivity contribution in [2.24, 2.45) is 0 Å². The van der Waals surface area contributed by atoms with Gasteiger partial charge in [-0.05, 0) is 43.0 Å². The SMILES string of the molecule is Cc1cc(C)c(CCl)c(C)c1O. The number of aromatic hydroxyl groups is 1. The first-order valence-electron chi connectivity index (χ1n) is 3.92. The van der Waals surface area contributed by atoms with E-state index in [9.17, 15) is 5.11 Å². The monoisotopic (exact) mass is 184 g/mol. The molecule has 0 amide bonds. The summed E-state index contributed by atoms with van der Waals surface area (Å²) in [4.78, 5) is 0. The fourth-order valence-corrected chi connectivity index (χ4v) is 1.83. The molecule has 0 aliphatic carbocycles. The molecule has 12 heavy (non-hydrogen) atoms. The number of phenolic OH excluding ortho intramolecular Hbond substituents is 1. The van der Waals surface area contributed by atoms with Crippen LogP contribution in [0.3, 0.4) is 0 Å². The predicted octanol–water partition coefficient (Wildman–Crippen LogP) is 3.06. The van der Waals surface area contributed by atoms with E-state index in [0.717, 1.165) is 22.3 Å². The molecule has 0 radical (unpaired) electrons. The maximum absolute atomic E-state index is 9.58. The molecule has 0 aromatic heterocycles. The zero-order valence-corrected chi connectivity index (χ0v) is 8.37. The lowest BCUT2D eigenvalue weighted by molar-refractivity contribution is 0.466. The molecule has 0 saturated carbocycles. The summed E-state index contributed by atoms with van der Waals surface area (Å²) in [5.74, 6) is 0.835. The third kappa shape index (κ3) is 1.42. The largest absolute Gasteiger partial charge is 0.507 e. The molecule has 0 bridgehead atoms. The Labute approximate surface area is 78.0 Å². The van der Waals surface area contributed by atoms with E-state index < -0.39 is 0 Å². The van der Waals surface area contributed by atoms with Crippen molar-refractivity contribution >= 4 is 11.6 Å². The van der Waals surface area contributed by atoms with Crippen LogP contribution >= 0.6 is 11.6 Å². The molecular weight excluding hydrogens is 172 g/mol. The van der Waals surface area contributed by atoms with Crippen molar-refractivity contribution in [1.29, 1.82) is 0 Å². The van der Waals surface area contributed by atoms with E-state index in [-0.39, 0.29) is 0 Å². The molecule has 0 fully saturated rings. The summed E-state index contributed by atoms with van der Waals surface area (Å²) in [7, 11) is 0. The van der Waals surface area contributed by atoms with Crippen LogP contribution in [0.4, 0.5) is 0 Å². The third-order valence-electron chi connectivity index (χ3n) is 2.22. The van der Waals surface area contributed by atoms with E-state index in [1.807, 2.05) is 26.8 Å². The fraction of sp³-hybridized carbons (Fsp3) is 0.400. The summed E-state index contributed by atoms with van der Waals surface area (Å²) in [5, 5.41) is 9.58. The van der Waals surface area contributed by atoms with Crippen molar-refractivity contribution in [3.8, 4) is 5.75 Å². The van der Waals surface area contributed by atoms with Crippen molar-refractivity contribution in [2.75, 3.05) is 0 Å². The van der Waals surface area contributed by atoms with Crippen LogP contribution in [0, 0.1) is 20.8 Å². The Balaban J connectivity index is 3.40. The maximum atomic E-state index is 9.58. The van der Waals surface area contributed by atoms with E-state index in [1.54, 1.807) is 0 Å². The highest BCUT2D eigenvalue weighted by Gasteiger charge is 2.08. The van der Waals surface area contributed by atoms with Crippen LogP contribution in [-0.4, -0.2) is 5.11 Å². The highest BCUT2D eigenvalue weighted by Crippen LogP contribution is 2.28. The van der Waals surface area contributed by atoms with E-state index in [4.69, 9.17) is 11.6 Å². The van der Waals surface area contributed by atoms with E-state index in [2.05, 4.69) is 0 Å². The molecule has 0 saturated heterocycles. The Morgan fingerprint density at radius 1 is 1.25 bits per heavy atom. The van der Waals surface area contributed by atoms with Gasteiger partial charge in [0.05, 0.1) is 0 Å². The minimum atomic E-state index is 0.372. The number of hydrogen-bond acceptors (Lipinski definition) is 1. The summed E-state index contributed by atoms with van der Waals surface area (Å²) < 4.78 is 0. The number of phenols is 1.